The normalized spacial score (nSPS) is 23.6. The monoisotopic (exact) mass is 350 g/mol. The Kier molecular flexibility index (Phi) is 4.94. The van der Waals surface area contributed by atoms with Gasteiger partial charge < -0.3 is 9.80 Å². The Balaban J connectivity index is 1.92. The lowest BCUT2D eigenvalue weighted by Gasteiger charge is -2.37. The van der Waals surface area contributed by atoms with E-state index >= 15 is 0 Å². The molecule has 2 aliphatic rings. The van der Waals surface area contributed by atoms with Crippen molar-refractivity contribution in [2.45, 2.75) is 45.7 Å². The Bertz CT molecular complexity index is 646. The van der Waals surface area contributed by atoms with Crippen LogP contribution in [0.1, 0.15) is 38.7 Å². The lowest BCUT2D eigenvalue weighted by Crippen LogP contribution is -2.41. The molecule has 0 amide bonds. The summed E-state index contributed by atoms with van der Waals surface area (Å²) in [4.78, 5) is 20.0. The van der Waals surface area contributed by atoms with Gasteiger partial charge in [0.1, 0.15) is 5.15 Å². The van der Waals surface area contributed by atoms with Crippen LogP contribution in [0.15, 0.2) is 29.8 Å². The van der Waals surface area contributed by atoms with E-state index < -0.39 is 0 Å². The highest BCUT2D eigenvalue weighted by molar-refractivity contribution is 6.29. The smallest absolute Gasteiger partial charge is 0.289 e. The van der Waals surface area contributed by atoms with Crippen LogP contribution in [0.2, 0.25) is 5.15 Å². The highest BCUT2D eigenvalue weighted by Gasteiger charge is 2.44. The van der Waals surface area contributed by atoms with Crippen molar-refractivity contribution in [2.75, 3.05) is 13.1 Å². The maximum absolute atomic E-state index is 11.7. The fraction of sp³-hybridized carbons (Fsp3) is 0.588. The lowest BCUT2D eigenvalue weighted by molar-refractivity contribution is -0.438. The molecule has 3 heterocycles. The van der Waals surface area contributed by atoms with Gasteiger partial charge in [0.15, 0.2) is 5.82 Å². The number of aromatic nitrogens is 1. The molecule has 2 atom stereocenters. The van der Waals surface area contributed by atoms with E-state index in [4.69, 9.17) is 11.6 Å². The largest absolute Gasteiger partial charge is 0.348 e. The molecule has 2 unspecified atom stereocenters. The average Bonchev–Trinajstić information content (AvgIpc) is 2.93. The first-order chi connectivity index (χ1) is 11.5. The summed E-state index contributed by atoms with van der Waals surface area (Å²) >= 11 is 5.85. The minimum atomic E-state index is -0.187. The molecular weight excluding hydrogens is 328 g/mol. The molecule has 3 rings (SSSR count). The first-order valence-corrected chi connectivity index (χ1v) is 8.89. The molecule has 0 radical (unpaired) electrons. The molecule has 0 aromatic carbocycles. The topological polar surface area (TPSA) is 62.5 Å². The summed E-state index contributed by atoms with van der Waals surface area (Å²) in [6.45, 7) is 6.43. The van der Waals surface area contributed by atoms with Crippen molar-refractivity contribution >= 4 is 11.6 Å². The average molecular weight is 351 g/mol. The molecule has 24 heavy (non-hydrogen) atoms. The first kappa shape index (κ1) is 17.0. The summed E-state index contributed by atoms with van der Waals surface area (Å²) < 4.78 is 0. The first-order valence-electron chi connectivity index (χ1n) is 8.51. The summed E-state index contributed by atoms with van der Waals surface area (Å²) in [6.07, 6.45) is 4.78. The van der Waals surface area contributed by atoms with Gasteiger partial charge in [-0.15, -0.1) is 0 Å². The third-order valence-corrected chi connectivity index (χ3v) is 5.15. The van der Waals surface area contributed by atoms with E-state index in [-0.39, 0.29) is 10.8 Å². The molecule has 0 N–H and O–H groups in total. The molecule has 7 heteroatoms. The van der Waals surface area contributed by atoms with Crippen molar-refractivity contribution in [1.82, 2.24) is 14.8 Å². The molecule has 1 saturated heterocycles. The number of fused-ring (bicyclic) bond motifs is 1. The zero-order valence-corrected chi connectivity index (χ0v) is 14.9. The second kappa shape index (κ2) is 6.97. The summed E-state index contributed by atoms with van der Waals surface area (Å²) in [5.74, 6) is 0.791. The van der Waals surface area contributed by atoms with E-state index in [1.165, 1.54) is 0 Å². The van der Waals surface area contributed by atoms with Crippen LogP contribution in [0, 0.1) is 16.0 Å². The number of halogens is 1. The minimum absolute atomic E-state index is 0.0215. The Morgan fingerprint density at radius 3 is 2.83 bits per heavy atom. The highest BCUT2D eigenvalue weighted by Crippen LogP contribution is 2.38. The van der Waals surface area contributed by atoms with Crippen LogP contribution in [0.5, 0.6) is 0 Å². The van der Waals surface area contributed by atoms with Gasteiger partial charge in [-0.1, -0.05) is 37.9 Å². The van der Waals surface area contributed by atoms with Gasteiger partial charge in [0.2, 0.25) is 0 Å². The zero-order chi connectivity index (χ0) is 17.3. The van der Waals surface area contributed by atoms with Crippen LogP contribution in [0.4, 0.5) is 0 Å². The van der Waals surface area contributed by atoms with Gasteiger partial charge >= 0.3 is 0 Å². The van der Waals surface area contributed by atoms with Crippen LogP contribution in [-0.4, -0.2) is 38.8 Å². The van der Waals surface area contributed by atoms with Crippen LogP contribution in [-0.2, 0) is 6.54 Å². The van der Waals surface area contributed by atoms with Crippen molar-refractivity contribution < 1.29 is 4.92 Å². The third kappa shape index (κ3) is 3.20. The van der Waals surface area contributed by atoms with Crippen molar-refractivity contribution in [2.24, 2.45) is 5.92 Å². The SMILES string of the molecule is CCCC1CC(C)C([N+](=O)[O-])=C2N(Cc3ccc(Cl)nc3)CCN21. The van der Waals surface area contributed by atoms with E-state index in [2.05, 4.69) is 21.7 Å². The maximum Gasteiger partial charge on any atom is 0.289 e. The number of rotatable bonds is 5. The fourth-order valence-electron chi connectivity index (χ4n) is 3.90. The van der Waals surface area contributed by atoms with Gasteiger partial charge in [0.25, 0.3) is 5.70 Å². The molecule has 0 spiro atoms. The number of hydrogen-bond acceptors (Lipinski definition) is 5. The minimum Gasteiger partial charge on any atom is -0.348 e. The molecule has 0 aliphatic carbocycles. The third-order valence-electron chi connectivity index (χ3n) is 4.93. The zero-order valence-electron chi connectivity index (χ0n) is 14.1. The predicted molar refractivity (Wildman–Crippen MR) is 92.9 cm³/mol. The van der Waals surface area contributed by atoms with E-state index in [9.17, 15) is 10.1 Å². The quantitative estimate of drug-likeness (QED) is 0.462. The number of allylic oxidation sites excluding steroid dienone is 1. The molecule has 6 nitrogen and oxygen atoms in total. The summed E-state index contributed by atoms with van der Waals surface area (Å²) in [5.41, 5.74) is 1.38. The van der Waals surface area contributed by atoms with Crippen molar-refractivity contribution in [3.63, 3.8) is 0 Å². The molecule has 0 saturated carbocycles. The van der Waals surface area contributed by atoms with E-state index in [1.54, 1.807) is 12.3 Å². The second-order valence-corrected chi connectivity index (χ2v) is 7.04. The molecule has 1 aromatic heterocycles. The number of hydrogen-bond donors (Lipinski definition) is 0. The van der Waals surface area contributed by atoms with Crippen molar-refractivity contribution in [1.29, 1.82) is 0 Å². The van der Waals surface area contributed by atoms with Gasteiger partial charge in [-0.3, -0.25) is 10.1 Å². The maximum atomic E-state index is 11.7. The summed E-state index contributed by atoms with van der Waals surface area (Å²) in [7, 11) is 0. The lowest BCUT2D eigenvalue weighted by atomic mass is 9.91. The van der Waals surface area contributed by atoms with Gasteiger partial charge in [-0.05, 0) is 24.5 Å². The van der Waals surface area contributed by atoms with Gasteiger partial charge in [-0.2, -0.15) is 0 Å². The molecular formula is C17H23ClN4O2. The van der Waals surface area contributed by atoms with E-state index in [0.717, 1.165) is 43.7 Å². The predicted octanol–water partition coefficient (Wildman–Crippen LogP) is 3.51. The number of nitro groups is 1. The molecule has 1 fully saturated rings. The standard InChI is InChI=1S/C17H23ClN4O2/c1-3-4-14-9-12(2)16(22(23)24)17-20(7-8-21(14)17)11-13-5-6-15(18)19-10-13/h5-6,10,12,14H,3-4,7-9,11H2,1-2H3. The van der Waals surface area contributed by atoms with Crippen LogP contribution in [0.3, 0.4) is 0 Å². The Morgan fingerprint density at radius 2 is 2.21 bits per heavy atom. The second-order valence-electron chi connectivity index (χ2n) is 6.65. The molecule has 130 valence electrons. The van der Waals surface area contributed by atoms with E-state index in [0.29, 0.717) is 23.4 Å². The Labute approximate surface area is 147 Å². The van der Waals surface area contributed by atoms with Crippen LogP contribution < -0.4 is 0 Å². The Hall–Kier alpha value is -1.82. The number of pyridine rings is 1. The molecule has 1 aromatic rings. The van der Waals surface area contributed by atoms with E-state index in [1.807, 2.05) is 13.0 Å². The van der Waals surface area contributed by atoms with Crippen molar-refractivity contribution in [3.8, 4) is 0 Å². The van der Waals surface area contributed by atoms with Gasteiger partial charge in [0, 0.05) is 31.9 Å². The van der Waals surface area contributed by atoms with Crippen molar-refractivity contribution in [3.05, 3.63) is 50.7 Å². The summed E-state index contributed by atoms with van der Waals surface area (Å²) in [6, 6.07) is 4.09. The molecule has 0 bridgehead atoms. The van der Waals surface area contributed by atoms with Crippen LogP contribution in [0.25, 0.3) is 0 Å². The fourth-order valence-corrected chi connectivity index (χ4v) is 4.01. The molecule has 2 aliphatic heterocycles. The number of nitrogens with zero attached hydrogens (tertiary/aromatic N) is 4. The highest BCUT2D eigenvalue weighted by atomic mass is 35.5. The van der Waals surface area contributed by atoms with Gasteiger partial charge in [0.05, 0.1) is 10.8 Å². The van der Waals surface area contributed by atoms with Gasteiger partial charge in [-0.25, -0.2) is 4.98 Å². The van der Waals surface area contributed by atoms with Crippen LogP contribution >= 0.6 is 11.6 Å². The Morgan fingerprint density at radius 1 is 1.42 bits per heavy atom. The summed E-state index contributed by atoms with van der Waals surface area (Å²) in [5, 5.41) is 12.1.